The van der Waals surface area contributed by atoms with Crippen molar-refractivity contribution in [2.75, 3.05) is 11.9 Å². The van der Waals surface area contributed by atoms with Crippen LogP contribution in [0.2, 0.25) is 0 Å². The molecule has 0 aliphatic heterocycles. The van der Waals surface area contributed by atoms with Crippen LogP contribution in [0.4, 0.5) is 15.8 Å². The third kappa shape index (κ3) is 3.70. The molecule has 0 amide bonds. The lowest BCUT2D eigenvalue weighted by Gasteiger charge is -2.15. The van der Waals surface area contributed by atoms with Crippen molar-refractivity contribution in [2.24, 2.45) is 7.05 Å². The number of aliphatic hydroxyl groups excluding tert-OH is 2. The fourth-order valence-corrected chi connectivity index (χ4v) is 2.72. The first-order chi connectivity index (χ1) is 12.8. The Labute approximate surface area is 159 Å². The Kier molecular flexibility index (Phi) is 5.26. The number of anilines is 2. The zero-order valence-corrected chi connectivity index (χ0v) is 15.5. The van der Waals surface area contributed by atoms with Crippen LogP contribution in [0, 0.1) is 5.82 Å². The van der Waals surface area contributed by atoms with Gasteiger partial charge in [0.05, 0.1) is 11.4 Å². The van der Waals surface area contributed by atoms with E-state index in [1.165, 1.54) is 19.2 Å². The lowest BCUT2D eigenvalue weighted by atomic mass is 10.2. The molecule has 27 heavy (non-hydrogen) atoms. The molecule has 0 fully saturated rings. The summed E-state index contributed by atoms with van der Waals surface area (Å²) in [4.78, 5) is 33.8. The van der Waals surface area contributed by atoms with Gasteiger partial charge in [-0.05, 0) is 18.2 Å². The smallest absolute Gasteiger partial charge is 0.297 e. The standard InChI is InChI=1S/C16H14BrFN4O5/c1-21-12(24)5-11(20-10-3-2-8(17)4-9(10)18)14-15(21)19-7-22(16(14)26)27-13(25)6-23/h2-5,7,13,20,23,25H,6H2,1H3/t13-/m1/s1. The molecule has 0 radical (unpaired) electrons. The SMILES string of the molecule is Cn1c(=O)cc(Nc2ccc(Br)cc2F)c2c(=O)n(O[C@@H](O)CO)cnc21. The average Bonchev–Trinajstić information content (AvgIpc) is 2.63. The topological polar surface area (TPSA) is 119 Å². The molecule has 2 heterocycles. The van der Waals surface area contributed by atoms with Gasteiger partial charge in [-0.15, -0.1) is 4.73 Å². The molecule has 3 rings (SSSR count). The largest absolute Gasteiger partial charge is 0.390 e. The summed E-state index contributed by atoms with van der Waals surface area (Å²) in [6.07, 6.45) is -0.678. The fraction of sp³-hybridized carbons (Fsp3) is 0.188. The van der Waals surface area contributed by atoms with Crippen LogP contribution in [-0.2, 0) is 7.05 Å². The molecule has 0 aliphatic rings. The summed E-state index contributed by atoms with van der Waals surface area (Å²) in [6.45, 7) is -0.743. The predicted octanol–water partition coefficient (Wildman–Crippen LogP) is 0.480. The van der Waals surface area contributed by atoms with E-state index in [1.54, 1.807) is 6.07 Å². The molecule has 0 unspecified atom stereocenters. The third-order valence-electron chi connectivity index (χ3n) is 3.70. The fourth-order valence-electron chi connectivity index (χ4n) is 2.39. The first-order valence-corrected chi connectivity index (χ1v) is 8.40. The summed E-state index contributed by atoms with van der Waals surface area (Å²) >= 11 is 3.15. The molecule has 0 saturated carbocycles. The van der Waals surface area contributed by atoms with E-state index in [9.17, 15) is 19.1 Å². The van der Waals surface area contributed by atoms with Crippen molar-refractivity contribution in [1.29, 1.82) is 0 Å². The number of benzene rings is 1. The van der Waals surface area contributed by atoms with Gasteiger partial charge in [0.25, 0.3) is 11.1 Å². The second kappa shape index (κ2) is 7.47. The van der Waals surface area contributed by atoms with Gasteiger partial charge < -0.3 is 20.4 Å². The number of halogens is 2. The zero-order valence-electron chi connectivity index (χ0n) is 13.9. The van der Waals surface area contributed by atoms with Gasteiger partial charge in [-0.3, -0.25) is 14.2 Å². The maximum Gasteiger partial charge on any atom is 0.297 e. The highest BCUT2D eigenvalue weighted by atomic mass is 79.9. The Hall–Kier alpha value is -2.76. The molecular formula is C16H14BrFN4O5. The normalized spacial score (nSPS) is 12.2. The van der Waals surface area contributed by atoms with E-state index < -0.39 is 29.8 Å². The quantitative estimate of drug-likeness (QED) is 0.493. The van der Waals surface area contributed by atoms with Crippen molar-refractivity contribution >= 4 is 38.3 Å². The number of hydrogen-bond acceptors (Lipinski definition) is 7. The molecule has 2 aromatic heterocycles. The molecule has 0 saturated heterocycles. The molecule has 1 atom stereocenters. The molecule has 0 aliphatic carbocycles. The van der Waals surface area contributed by atoms with Crippen molar-refractivity contribution in [1.82, 2.24) is 14.3 Å². The molecule has 3 N–H and O–H groups in total. The van der Waals surface area contributed by atoms with Crippen LogP contribution in [0.25, 0.3) is 11.0 Å². The summed E-state index contributed by atoms with van der Waals surface area (Å²) in [5.41, 5.74) is -1.14. The van der Waals surface area contributed by atoms with Gasteiger partial charge in [0.2, 0.25) is 6.29 Å². The number of aryl methyl sites for hydroxylation is 1. The van der Waals surface area contributed by atoms with Gasteiger partial charge in [0.15, 0.2) is 5.65 Å². The Bertz CT molecular complexity index is 1130. The lowest BCUT2D eigenvalue weighted by molar-refractivity contribution is -0.131. The van der Waals surface area contributed by atoms with Gasteiger partial charge >= 0.3 is 0 Å². The van der Waals surface area contributed by atoms with Gasteiger partial charge in [0.1, 0.15) is 24.1 Å². The minimum absolute atomic E-state index is 0.0169. The Morgan fingerprint density at radius 1 is 1.33 bits per heavy atom. The van der Waals surface area contributed by atoms with Crippen LogP contribution in [0.1, 0.15) is 0 Å². The van der Waals surface area contributed by atoms with Crippen molar-refractivity contribution in [3.05, 3.63) is 61.6 Å². The van der Waals surface area contributed by atoms with E-state index in [0.717, 1.165) is 17.0 Å². The summed E-state index contributed by atoms with van der Waals surface area (Å²) in [5, 5.41) is 20.9. The summed E-state index contributed by atoms with van der Waals surface area (Å²) in [5.74, 6) is -0.602. The van der Waals surface area contributed by atoms with Crippen molar-refractivity contribution < 1.29 is 19.4 Å². The van der Waals surface area contributed by atoms with Crippen LogP contribution in [0.3, 0.4) is 0 Å². The zero-order chi connectivity index (χ0) is 19.7. The van der Waals surface area contributed by atoms with Crippen molar-refractivity contribution in [3.8, 4) is 0 Å². The van der Waals surface area contributed by atoms with E-state index in [0.29, 0.717) is 9.20 Å². The number of nitrogens with zero attached hydrogens (tertiary/aromatic N) is 3. The molecule has 0 spiro atoms. The van der Waals surface area contributed by atoms with E-state index in [2.05, 4.69) is 26.2 Å². The second-order valence-electron chi connectivity index (χ2n) is 5.52. The maximum atomic E-state index is 14.2. The number of pyridine rings is 1. The number of fused-ring (bicyclic) bond motifs is 1. The number of aliphatic hydroxyl groups is 2. The number of nitrogens with one attached hydrogen (secondary N) is 1. The summed E-state index contributed by atoms with van der Waals surface area (Å²) in [6, 6.07) is 5.37. The van der Waals surface area contributed by atoms with Gasteiger partial charge in [-0.25, -0.2) is 9.37 Å². The minimum atomic E-state index is -1.64. The molecule has 142 valence electrons. The van der Waals surface area contributed by atoms with Crippen LogP contribution >= 0.6 is 15.9 Å². The third-order valence-corrected chi connectivity index (χ3v) is 4.19. The minimum Gasteiger partial charge on any atom is -0.390 e. The molecule has 1 aromatic carbocycles. The lowest BCUT2D eigenvalue weighted by Crippen LogP contribution is -2.36. The summed E-state index contributed by atoms with van der Waals surface area (Å²) < 4.78 is 16.4. The van der Waals surface area contributed by atoms with E-state index >= 15 is 0 Å². The van der Waals surface area contributed by atoms with Crippen LogP contribution in [-0.4, -0.2) is 37.4 Å². The maximum absolute atomic E-state index is 14.2. The molecular weight excluding hydrogens is 427 g/mol. The molecule has 0 bridgehead atoms. The first-order valence-electron chi connectivity index (χ1n) is 7.61. The number of hydrogen-bond donors (Lipinski definition) is 3. The monoisotopic (exact) mass is 440 g/mol. The molecule has 3 aromatic rings. The summed E-state index contributed by atoms with van der Waals surface area (Å²) in [7, 11) is 1.43. The Morgan fingerprint density at radius 2 is 2.07 bits per heavy atom. The van der Waals surface area contributed by atoms with Gasteiger partial charge in [0, 0.05) is 17.6 Å². The van der Waals surface area contributed by atoms with E-state index in [4.69, 9.17) is 9.94 Å². The highest BCUT2D eigenvalue weighted by Crippen LogP contribution is 2.25. The Balaban J connectivity index is 2.21. The van der Waals surface area contributed by atoms with Gasteiger partial charge in [-0.1, -0.05) is 15.9 Å². The van der Waals surface area contributed by atoms with Crippen molar-refractivity contribution in [2.45, 2.75) is 6.29 Å². The Morgan fingerprint density at radius 3 is 2.74 bits per heavy atom. The molecule has 9 nitrogen and oxygen atoms in total. The highest BCUT2D eigenvalue weighted by Gasteiger charge is 2.17. The highest BCUT2D eigenvalue weighted by molar-refractivity contribution is 9.10. The second-order valence-corrected chi connectivity index (χ2v) is 6.44. The van der Waals surface area contributed by atoms with E-state index in [-0.39, 0.29) is 22.4 Å². The average molecular weight is 441 g/mol. The van der Waals surface area contributed by atoms with Crippen LogP contribution in [0.5, 0.6) is 0 Å². The van der Waals surface area contributed by atoms with Crippen LogP contribution in [0.15, 0.2) is 44.7 Å². The predicted molar refractivity (Wildman–Crippen MR) is 98.3 cm³/mol. The number of aromatic nitrogens is 3. The first kappa shape index (κ1) is 19.0. The van der Waals surface area contributed by atoms with Crippen molar-refractivity contribution in [3.63, 3.8) is 0 Å². The van der Waals surface area contributed by atoms with Gasteiger partial charge in [-0.2, -0.15) is 0 Å². The van der Waals surface area contributed by atoms with E-state index in [1.807, 2.05) is 0 Å². The number of rotatable bonds is 5. The van der Waals surface area contributed by atoms with Crippen LogP contribution < -0.4 is 21.3 Å². The molecule has 11 heteroatoms.